The maximum Gasteiger partial charge on any atom is 0.130 e. The Morgan fingerprint density at radius 2 is 1.37 bits per heavy atom. The molecule has 94 valence electrons. The van der Waals surface area contributed by atoms with Gasteiger partial charge in [-0.3, -0.25) is 0 Å². The fraction of sp³-hybridized carbons (Fsp3) is 0.133. The summed E-state index contributed by atoms with van der Waals surface area (Å²) >= 11 is 9.08. The summed E-state index contributed by atoms with van der Waals surface area (Å²) in [5.41, 5.74) is 2.56. The van der Waals surface area contributed by atoms with E-state index in [0.29, 0.717) is 4.32 Å². The second-order valence-electron chi connectivity index (χ2n) is 4.06. The largest absolute Gasteiger partial charge is 0.370 e. The molecule has 2 radical (unpaired) electrons. The molecule has 0 fully saturated rings. The summed E-state index contributed by atoms with van der Waals surface area (Å²) in [6.45, 7) is 0.760. The van der Waals surface area contributed by atoms with E-state index in [9.17, 15) is 0 Å². The molecule has 2 aromatic rings. The van der Waals surface area contributed by atoms with Gasteiger partial charge >= 0.3 is 0 Å². The van der Waals surface area contributed by atoms with Crippen LogP contribution in [0.15, 0.2) is 60.7 Å². The van der Waals surface area contributed by atoms with E-state index in [1.807, 2.05) is 12.1 Å². The molecule has 0 aliphatic heterocycles. The molecule has 4 heteroatoms. The van der Waals surface area contributed by atoms with Gasteiger partial charge < -0.3 is 5.32 Å². The Morgan fingerprint density at radius 1 is 0.947 bits per heavy atom. The molecule has 0 saturated carbocycles. The smallest absolute Gasteiger partial charge is 0.130 e. The third-order valence-corrected chi connectivity index (χ3v) is 3.16. The van der Waals surface area contributed by atoms with Crippen LogP contribution in [0, 0.1) is 0 Å². The number of nitrogens with one attached hydrogen (secondary N) is 1. The first-order valence-corrected chi connectivity index (χ1v) is 6.69. The Kier molecular flexibility index (Phi) is 8.03. The standard InChI is InChI=1S/C15H15NS2.Ca/c17-15(18)16-11-14(12-7-3-1-4-8-12)13-9-5-2-6-10-13;/h1-10,14H,11H2,(H2,16,17,18);. The monoisotopic (exact) mass is 313 g/mol. The average Bonchev–Trinajstić information content (AvgIpc) is 2.41. The molecular formula is C15H15CaNS2. The van der Waals surface area contributed by atoms with Crippen molar-refractivity contribution in [3.05, 3.63) is 71.8 Å². The van der Waals surface area contributed by atoms with Gasteiger partial charge in [-0.25, -0.2) is 0 Å². The van der Waals surface area contributed by atoms with Crippen LogP contribution >= 0.6 is 24.8 Å². The van der Waals surface area contributed by atoms with E-state index in [4.69, 9.17) is 12.2 Å². The summed E-state index contributed by atoms with van der Waals surface area (Å²) in [5.74, 6) is 0.289. The Morgan fingerprint density at radius 3 is 1.74 bits per heavy atom. The van der Waals surface area contributed by atoms with Gasteiger partial charge in [-0.05, 0) is 11.1 Å². The van der Waals surface area contributed by atoms with Crippen LogP contribution in [0.25, 0.3) is 0 Å². The summed E-state index contributed by atoms with van der Waals surface area (Å²) in [6.07, 6.45) is 0. The number of hydrogen-bond donors (Lipinski definition) is 2. The van der Waals surface area contributed by atoms with E-state index < -0.39 is 0 Å². The number of hydrogen-bond acceptors (Lipinski definition) is 1. The van der Waals surface area contributed by atoms with Crippen molar-refractivity contribution in [2.75, 3.05) is 6.54 Å². The van der Waals surface area contributed by atoms with Crippen LogP contribution in [0.3, 0.4) is 0 Å². The summed E-state index contributed by atoms with van der Waals surface area (Å²) in [6, 6.07) is 20.9. The summed E-state index contributed by atoms with van der Waals surface area (Å²) in [7, 11) is 0. The van der Waals surface area contributed by atoms with E-state index in [2.05, 4.69) is 66.5 Å². The predicted octanol–water partition coefficient (Wildman–Crippen LogP) is 3.24. The van der Waals surface area contributed by atoms with Gasteiger partial charge in [-0.1, -0.05) is 72.9 Å². The first kappa shape index (κ1) is 17.0. The van der Waals surface area contributed by atoms with Crippen molar-refractivity contribution in [3.63, 3.8) is 0 Å². The maximum atomic E-state index is 4.97. The predicted molar refractivity (Wildman–Crippen MR) is 90.1 cm³/mol. The number of benzene rings is 2. The van der Waals surface area contributed by atoms with Gasteiger partial charge in [0.2, 0.25) is 0 Å². The molecule has 0 heterocycles. The van der Waals surface area contributed by atoms with Crippen LogP contribution in [0.5, 0.6) is 0 Å². The minimum Gasteiger partial charge on any atom is -0.370 e. The third-order valence-electron chi connectivity index (χ3n) is 2.86. The molecule has 0 aliphatic carbocycles. The topological polar surface area (TPSA) is 12.0 Å². The van der Waals surface area contributed by atoms with Crippen LogP contribution in [-0.4, -0.2) is 48.6 Å². The van der Waals surface area contributed by atoms with Crippen molar-refractivity contribution in [3.8, 4) is 0 Å². The molecule has 2 rings (SSSR count). The number of thiocarbonyl (C=S) groups is 1. The van der Waals surface area contributed by atoms with Crippen LogP contribution in [0.2, 0.25) is 0 Å². The van der Waals surface area contributed by atoms with Crippen molar-refractivity contribution in [2.45, 2.75) is 5.92 Å². The molecule has 1 N–H and O–H groups in total. The van der Waals surface area contributed by atoms with Gasteiger partial charge in [-0.2, -0.15) is 0 Å². The molecule has 0 bridgehead atoms. The molecular weight excluding hydrogens is 298 g/mol. The van der Waals surface area contributed by atoms with Crippen molar-refractivity contribution < 1.29 is 0 Å². The van der Waals surface area contributed by atoms with Crippen LogP contribution in [0.1, 0.15) is 17.0 Å². The van der Waals surface area contributed by atoms with E-state index in [1.165, 1.54) is 11.1 Å². The van der Waals surface area contributed by atoms with E-state index in [1.54, 1.807) is 0 Å². The summed E-state index contributed by atoms with van der Waals surface area (Å²) < 4.78 is 0.534. The van der Waals surface area contributed by atoms with Crippen molar-refractivity contribution in [2.24, 2.45) is 0 Å². The third kappa shape index (κ3) is 5.44. The molecule has 0 amide bonds. The van der Waals surface area contributed by atoms with Gasteiger partial charge in [0, 0.05) is 50.2 Å². The Bertz CT molecular complexity index is 463. The summed E-state index contributed by atoms with van der Waals surface area (Å²) in [4.78, 5) is 0. The average molecular weight is 314 g/mol. The maximum absolute atomic E-state index is 4.97. The first-order valence-electron chi connectivity index (χ1n) is 5.84. The fourth-order valence-electron chi connectivity index (χ4n) is 1.99. The Labute approximate surface area is 155 Å². The van der Waals surface area contributed by atoms with Crippen molar-refractivity contribution in [1.82, 2.24) is 5.32 Å². The first-order chi connectivity index (χ1) is 8.77. The molecule has 0 aliphatic rings. The fourth-order valence-corrected chi connectivity index (χ4v) is 2.16. The van der Waals surface area contributed by atoms with E-state index >= 15 is 0 Å². The van der Waals surface area contributed by atoms with Crippen LogP contribution in [-0.2, 0) is 0 Å². The second-order valence-corrected chi connectivity index (χ2v) is 5.22. The zero-order valence-corrected chi connectivity index (χ0v) is 14.5. The Hall–Kier alpha value is -0.0603. The molecule has 0 atom stereocenters. The van der Waals surface area contributed by atoms with Crippen molar-refractivity contribution in [1.29, 1.82) is 0 Å². The van der Waals surface area contributed by atoms with Crippen LogP contribution in [0.4, 0.5) is 0 Å². The number of rotatable bonds is 4. The molecule has 0 spiro atoms. The molecule has 1 nitrogen and oxygen atoms in total. The van der Waals surface area contributed by atoms with Gasteiger partial charge in [0.05, 0.1) is 0 Å². The number of thiol groups is 1. The molecule has 0 unspecified atom stereocenters. The van der Waals surface area contributed by atoms with Crippen LogP contribution < -0.4 is 5.32 Å². The SMILES string of the molecule is S=C(S)NCC(c1ccccc1)c1ccccc1.[Ca]. The zero-order valence-electron chi connectivity index (χ0n) is 10.6. The molecule has 2 aromatic carbocycles. The summed E-state index contributed by atoms with van der Waals surface area (Å²) in [5, 5.41) is 3.14. The molecule has 0 saturated heterocycles. The molecule has 0 aromatic heterocycles. The van der Waals surface area contributed by atoms with Gasteiger partial charge in [0.15, 0.2) is 0 Å². The van der Waals surface area contributed by atoms with E-state index in [0.717, 1.165) is 6.54 Å². The minimum atomic E-state index is 0. The minimum absolute atomic E-state index is 0. The van der Waals surface area contributed by atoms with Gasteiger partial charge in [-0.15, -0.1) is 12.6 Å². The zero-order chi connectivity index (χ0) is 12.8. The normalized spacial score (nSPS) is 9.79. The van der Waals surface area contributed by atoms with E-state index in [-0.39, 0.29) is 43.7 Å². The van der Waals surface area contributed by atoms with Gasteiger partial charge in [0.1, 0.15) is 4.32 Å². The molecule has 19 heavy (non-hydrogen) atoms. The second kappa shape index (κ2) is 8.98. The Balaban J connectivity index is 0.00000180. The van der Waals surface area contributed by atoms with Crippen molar-refractivity contribution >= 4 is 66.9 Å². The van der Waals surface area contributed by atoms with Gasteiger partial charge in [0.25, 0.3) is 0 Å². The quantitative estimate of drug-likeness (QED) is 0.510.